The third-order valence-electron chi connectivity index (χ3n) is 2.93. The summed E-state index contributed by atoms with van der Waals surface area (Å²) in [5.41, 5.74) is 1.28. The standard InChI is InChI=1S/C14H25N3O/c1-12(2)16-9-14(11-18-4)17(3)10-13-5-7-15-8-6-13/h5-8,12,14,16H,9-11H2,1-4H3. The Hall–Kier alpha value is -0.970. The zero-order valence-corrected chi connectivity index (χ0v) is 11.9. The smallest absolute Gasteiger partial charge is 0.0630 e. The van der Waals surface area contributed by atoms with Crippen LogP contribution in [0.4, 0.5) is 0 Å². The van der Waals surface area contributed by atoms with Crippen molar-refractivity contribution in [1.29, 1.82) is 0 Å². The first-order valence-electron chi connectivity index (χ1n) is 6.45. The number of aromatic nitrogens is 1. The fourth-order valence-electron chi connectivity index (χ4n) is 1.81. The molecular weight excluding hydrogens is 226 g/mol. The van der Waals surface area contributed by atoms with Gasteiger partial charge in [0.15, 0.2) is 0 Å². The number of nitrogens with zero attached hydrogens (tertiary/aromatic N) is 2. The Morgan fingerprint density at radius 2 is 2.00 bits per heavy atom. The maximum absolute atomic E-state index is 5.30. The van der Waals surface area contributed by atoms with Crippen LogP contribution in [0.25, 0.3) is 0 Å². The number of rotatable bonds is 8. The van der Waals surface area contributed by atoms with Crippen LogP contribution in [0.3, 0.4) is 0 Å². The summed E-state index contributed by atoms with van der Waals surface area (Å²) in [4.78, 5) is 6.35. The second-order valence-corrected chi connectivity index (χ2v) is 4.94. The lowest BCUT2D eigenvalue weighted by molar-refractivity contribution is 0.100. The van der Waals surface area contributed by atoms with Crippen molar-refractivity contribution < 1.29 is 4.74 Å². The number of ether oxygens (including phenoxy) is 1. The molecule has 102 valence electrons. The van der Waals surface area contributed by atoms with Gasteiger partial charge < -0.3 is 10.1 Å². The van der Waals surface area contributed by atoms with Gasteiger partial charge in [0.1, 0.15) is 0 Å². The van der Waals surface area contributed by atoms with Crippen molar-refractivity contribution >= 4 is 0 Å². The fourth-order valence-corrected chi connectivity index (χ4v) is 1.81. The zero-order valence-electron chi connectivity index (χ0n) is 11.9. The van der Waals surface area contributed by atoms with Gasteiger partial charge in [-0.2, -0.15) is 0 Å². The molecule has 0 saturated heterocycles. The van der Waals surface area contributed by atoms with Gasteiger partial charge in [0.05, 0.1) is 6.61 Å². The SMILES string of the molecule is COCC(CNC(C)C)N(C)Cc1ccncc1. The van der Waals surface area contributed by atoms with Crippen molar-refractivity contribution in [2.24, 2.45) is 0 Å². The van der Waals surface area contributed by atoms with Crippen LogP contribution in [0.2, 0.25) is 0 Å². The lowest BCUT2D eigenvalue weighted by Gasteiger charge is -2.28. The molecule has 1 unspecified atom stereocenters. The van der Waals surface area contributed by atoms with Gasteiger partial charge in [-0.15, -0.1) is 0 Å². The zero-order chi connectivity index (χ0) is 13.4. The summed E-state index contributed by atoms with van der Waals surface area (Å²) in [5.74, 6) is 0. The first-order valence-corrected chi connectivity index (χ1v) is 6.45. The minimum Gasteiger partial charge on any atom is -0.383 e. The van der Waals surface area contributed by atoms with Crippen molar-refractivity contribution in [1.82, 2.24) is 15.2 Å². The van der Waals surface area contributed by atoms with E-state index in [-0.39, 0.29) is 0 Å². The highest BCUT2D eigenvalue weighted by molar-refractivity contribution is 5.09. The van der Waals surface area contributed by atoms with E-state index in [2.05, 4.69) is 48.2 Å². The highest BCUT2D eigenvalue weighted by Gasteiger charge is 2.15. The molecule has 1 rings (SSSR count). The van der Waals surface area contributed by atoms with Gasteiger partial charge in [0, 0.05) is 44.7 Å². The average molecular weight is 251 g/mol. The quantitative estimate of drug-likeness (QED) is 0.760. The van der Waals surface area contributed by atoms with E-state index in [1.54, 1.807) is 7.11 Å². The molecule has 1 heterocycles. The third kappa shape index (κ3) is 5.58. The molecule has 0 aliphatic carbocycles. The minimum atomic E-state index is 0.380. The molecule has 0 saturated carbocycles. The summed E-state index contributed by atoms with van der Waals surface area (Å²) < 4.78 is 5.30. The highest BCUT2D eigenvalue weighted by atomic mass is 16.5. The molecule has 0 bridgehead atoms. The van der Waals surface area contributed by atoms with Crippen molar-refractivity contribution in [2.45, 2.75) is 32.5 Å². The van der Waals surface area contributed by atoms with Crippen LogP contribution in [-0.2, 0) is 11.3 Å². The summed E-state index contributed by atoms with van der Waals surface area (Å²) in [6.07, 6.45) is 3.67. The van der Waals surface area contributed by atoms with E-state index >= 15 is 0 Å². The Balaban J connectivity index is 2.50. The van der Waals surface area contributed by atoms with Gasteiger partial charge in [0.2, 0.25) is 0 Å². The summed E-state index contributed by atoms with van der Waals surface area (Å²) >= 11 is 0. The van der Waals surface area contributed by atoms with Crippen LogP contribution >= 0.6 is 0 Å². The van der Waals surface area contributed by atoms with E-state index in [0.29, 0.717) is 12.1 Å². The number of nitrogens with one attached hydrogen (secondary N) is 1. The van der Waals surface area contributed by atoms with Gasteiger partial charge in [-0.25, -0.2) is 0 Å². The van der Waals surface area contributed by atoms with Gasteiger partial charge in [-0.3, -0.25) is 9.88 Å². The van der Waals surface area contributed by atoms with Crippen molar-refractivity contribution in [3.63, 3.8) is 0 Å². The molecular formula is C14H25N3O. The fraction of sp³-hybridized carbons (Fsp3) is 0.643. The van der Waals surface area contributed by atoms with Gasteiger partial charge in [-0.05, 0) is 24.7 Å². The van der Waals surface area contributed by atoms with Crippen LogP contribution in [0.5, 0.6) is 0 Å². The maximum atomic E-state index is 5.30. The molecule has 0 amide bonds. The molecule has 0 fully saturated rings. The van der Waals surface area contributed by atoms with Crippen molar-refractivity contribution in [2.75, 3.05) is 27.3 Å². The molecule has 1 aromatic heterocycles. The number of methoxy groups -OCH3 is 1. The molecule has 4 nitrogen and oxygen atoms in total. The van der Waals surface area contributed by atoms with E-state index in [1.165, 1.54) is 5.56 Å². The Bertz CT molecular complexity index is 316. The minimum absolute atomic E-state index is 0.380. The number of pyridine rings is 1. The largest absolute Gasteiger partial charge is 0.383 e. The van der Waals surface area contributed by atoms with E-state index in [1.807, 2.05) is 12.4 Å². The van der Waals surface area contributed by atoms with E-state index in [9.17, 15) is 0 Å². The van der Waals surface area contributed by atoms with Crippen molar-refractivity contribution in [3.05, 3.63) is 30.1 Å². The first kappa shape index (κ1) is 15.1. The molecule has 0 aromatic carbocycles. The van der Waals surface area contributed by atoms with Gasteiger partial charge in [0.25, 0.3) is 0 Å². The molecule has 1 atom stereocenters. The molecule has 0 aliphatic rings. The topological polar surface area (TPSA) is 37.4 Å². The van der Waals surface area contributed by atoms with Crippen LogP contribution in [0.1, 0.15) is 19.4 Å². The van der Waals surface area contributed by atoms with E-state index < -0.39 is 0 Å². The Kier molecular flexibility index (Phi) is 6.86. The van der Waals surface area contributed by atoms with Gasteiger partial charge in [-0.1, -0.05) is 13.8 Å². The second-order valence-electron chi connectivity index (χ2n) is 4.94. The highest BCUT2D eigenvalue weighted by Crippen LogP contribution is 2.05. The Labute approximate surface area is 110 Å². The van der Waals surface area contributed by atoms with Crippen LogP contribution in [0.15, 0.2) is 24.5 Å². The first-order chi connectivity index (χ1) is 8.63. The lowest BCUT2D eigenvalue weighted by atomic mass is 10.2. The van der Waals surface area contributed by atoms with Gasteiger partial charge >= 0.3 is 0 Å². The number of likely N-dealkylation sites (N-methyl/N-ethyl adjacent to an activating group) is 1. The molecule has 0 aliphatic heterocycles. The summed E-state index contributed by atoms with van der Waals surface area (Å²) in [6, 6.07) is 4.98. The summed E-state index contributed by atoms with van der Waals surface area (Å²) in [7, 11) is 3.88. The van der Waals surface area contributed by atoms with Crippen LogP contribution < -0.4 is 5.32 Å². The van der Waals surface area contributed by atoms with Crippen molar-refractivity contribution in [3.8, 4) is 0 Å². The maximum Gasteiger partial charge on any atom is 0.0630 e. The lowest BCUT2D eigenvalue weighted by Crippen LogP contribution is -2.44. The molecule has 4 heteroatoms. The van der Waals surface area contributed by atoms with Crippen LogP contribution in [0, 0.1) is 0 Å². The molecule has 0 radical (unpaired) electrons. The Morgan fingerprint density at radius 1 is 1.33 bits per heavy atom. The predicted molar refractivity (Wildman–Crippen MR) is 74.5 cm³/mol. The molecule has 1 aromatic rings. The molecule has 0 spiro atoms. The number of hydrogen-bond acceptors (Lipinski definition) is 4. The molecule has 1 N–H and O–H groups in total. The average Bonchev–Trinajstić information content (AvgIpc) is 2.35. The van der Waals surface area contributed by atoms with E-state index in [0.717, 1.165) is 19.7 Å². The summed E-state index contributed by atoms with van der Waals surface area (Å²) in [5, 5.41) is 3.46. The monoisotopic (exact) mass is 251 g/mol. The third-order valence-corrected chi connectivity index (χ3v) is 2.93. The molecule has 18 heavy (non-hydrogen) atoms. The number of hydrogen-bond donors (Lipinski definition) is 1. The van der Waals surface area contributed by atoms with Crippen LogP contribution in [-0.4, -0.2) is 49.3 Å². The second kappa shape index (κ2) is 8.19. The summed E-state index contributed by atoms with van der Waals surface area (Å²) in [6.45, 7) is 6.91. The van der Waals surface area contributed by atoms with E-state index in [4.69, 9.17) is 4.74 Å². The Morgan fingerprint density at radius 3 is 2.56 bits per heavy atom. The predicted octanol–water partition coefficient (Wildman–Crippen LogP) is 1.53. The normalized spacial score (nSPS) is 13.2.